The second-order valence-electron chi connectivity index (χ2n) is 7.68. The summed E-state index contributed by atoms with van der Waals surface area (Å²) in [5.41, 5.74) is 3.42. The van der Waals surface area contributed by atoms with Gasteiger partial charge in [-0.15, -0.1) is 0 Å². The van der Waals surface area contributed by atoms with Gasteiger partial charge in [0.05, 0.1) is 10.6 Å². The molecule has 7 nitrogen and oxygen atoms in total. The molecule has 2 N–H and O–H groups in total. The first-order valence-electron chi connectivity index (χ1n) is 10.5. The van der Waals surface area contributed by atoms with Crippen molar-refractivity contribution in [3.63, 3.8) is 0 Å². The third-order valence-electron chi connectivity index (χ3n) is 5.24. The fourth-order valence-corrected chi connectivity index (χ4v) is 4.45. The molecular formula is C25H27N3O4S. The zero-order chi connectivity index (χ0) is 24.2. The van der Waals surface area contributed by atoms with Crippen molar-refractivity contribution in [2.75, 3.05) is 23.2 Å². The molecule has 0 saturated heterocycles. The molecule has 3 aromatic carbocycles. The first-order chi connectivity index (χ1) is 15.6. The molecule has 0 aromatic heterocycles. The van der Waals surface area contributed by atoms with Gasteiger partial charge < -0.3 is 10.6 Å². The number of amides is 2. The predicted molar refractivity (Wildman–Crippen MR) is 130 cm³/mol. The van der Waals surface area contributed by atoms with Crippen molar-refractivity contribution in [1.29, 1.82) is 0 Å². The van der Waals surface area contributed by atoms with Crippen LogP contribution in [0.2, 0.25) is 0 Å². The van der Waals surface area contributed by atoms with E-state index in [1.165, 1.54) is 29.6 Å². The molecule has 0 heterocycles. The first-order valence-corrected chi connectivity index (χ1v) is 11.9. The van der Waals surface area contributed by atoms with Gasteiger partial charge in [-0.25, -0.2) is 8.42 Å². The van der Waals surface area contributed by atoms with Gasteiger partial charge in [0.2, 0.25) is 0 Å². The molecule has 3 aromatic rings. The van der Waals surface area contributed by atoms with Gasteiger partial charge in [-0.2, -0.15) is 0 Å². The Balaban J connectivity index is 1.86. The van der Waals surface area contributed by atoms with Crippen LogP contribution in [0.25, 0.3) is 0 Å². The van der Waals surface area contributed by atoms with E-state index in [0.717, 1.165) is 11.1 Å². The topological polar surface area (TPSA) is 95.6 Å². The lowest BCUT2D eigenvalue weighted by atomic mass is 10.1. The Bertz CT molecular complexity index is 1290. The summed E-state index contributed by atoms with van der Waals surface area (Å²) in [6.07, 6.45) is 0. The Kier molecular flexibility index (Phi) is 7.18. The van der Waals surface area contributed by atoms with Gasteiger partial charge in [0, 0.05) is 30.4 Å². The molecular weight excluding hydrogens is 438 g/mol. The summed E-state index contributed by atoms with van der Waals surface area (Å²) < 4.78 is 27.5. The number of hydrogen-bond donors (Lipinski definition) is 2. The normalized spacial score (nSPS) is 11.0. The molecule has 0 atom stereocenters. The second kappa shape index (κ2) is 9.87. The SMILES string of the molecule is CCNC(=O)c1ccc(C)c(NC(=O)c2cccc(S(=O)(=O)N(C)c3ccc(C)cc3)c2)c1. The second-order valence-corrected chi connectivity index (χ2v) is 9.65. The number of anilines is 2. The van der Waals surface area contributed by atoms with Crippen LogP contribution in [0, 0.1) is 13.8 Å². The molecule has 0 aliphatic rings. The maximum absolute atomic E-state index is 13.1. The van der Waals surface area contributed by atoms with Crippen LogP contribution in [0.4, 0.5) is 11.4 Å². The molecule has 33 heavy (non-hydrogen) atoms. The van der Waals surface area contributed by atoms with E-state index in [-0.39, 0.29) is 16.4 Å². The number of aryl methyl sites for hydroxylation is 2. The lowest BCUT2D eigenvalue weighted by molar-refractivity contribution is 0.0954. The largest absolute Gasteiger partial charge is 0.352 e. The van der Waals surface area contributed by atoms with Gasteiger partial charge in [0.15, 0.2) is 0 Å². The van der Waals surface area contributed by atoms with Crippen molar-refractivity contribution in [3.8, 4) is 0 Å². The molecule has 8 heteroatoms. The van der Waals surface area contributed by atoms with E-state index in [9.17, 15) is 18.0 Å². The number of carbonyl (C=O) groups is 2. The molecule has 0 bridgehead atoms. The van der Waals surface area contributed by atoms with Gasteiger partial charge in [-0.3, -0.25) is 13.9 Å². The summed E-state index contributed by atoms with van der Waals surface area (Å²) in [4.78, 5) is 25.0. The van der Waals surface area contributed by atoms with Crippen molar-refractivity contribution < 1.29 is 18.0 Å². The Hall–Kier alpha value is -3.65. The highest BCUT2D eigenvalue weighted by Crippen LogP contribution is 2.24. The summed E-state index contributed by atoms with van der Waals surface area (Å²) in [6, 6.07) is 18.0. The third-order valence-corrected chi connectivity index (χ3v) is 7.02. The third kappa shape index (κ3) is 5.40. The van der Waals surface area contributed by atoms with Crippen LogP contribution in [-0.4, -0.2) is 33.8 Å². The molecule has 0 fully saturated rings. The monoisotopic (exact) mass is 465 g/mol. The molecule has 0 spiro atoms. The fraction of sp³-hybridized carbons (Fsp3) is 0.200. The molecule has 172 valence electrons. The van der Waals surface area contributed by atoms with E-state index in [1.807, 2.05) is 32.9 Å². The zero-order valence-electron chi connectivity index (χ0n) is 19.0. The van der Waals surface area contributed by atoms with Crippen molar-refractivity contribution in [2.45, 2.75) is 25.7 Å². The number of sulfonamides is 1. The van der Waals surface area contributed by atoms with E-state index in [4.69, 9.17) is 0 Å². The summed E-state index contributed by atoms with van der Waals surface area (Å²) in [6.45, 7) is 6.06. The van der Waals surface area contributed by atoms with E-state index in [1.54, 1.807) is 36.4 Å². The highest BCUT2D eigenvalue weighted by atomic mass is 32.2. The van der Waals surface area contributed by atoms with Crippen molar-refractivity contribution >= 4 is 33.2 Å². The first kappa shape index (κ1) is 24.0. The summed E-state index contributed by atoms with van der Waals surface area (Å²) in [5, 5.41) is 5.50. The van der Waals surface area contributed by atoms with Crippen LogP contribution in [0.3, 0.4) is 0 Å². The number of rotatable bonds is 7. The summed E-state index contributed by atoms with van der Waals surface area (Å²) >= 11 is 0. The average molecular weight is 466 g/mol. The Morgan fingerprint density at radius 1 is 0.879 bits per heavy atom. The summed E-state index contributed by atoms with van der Waals surface area (Å²) in [5.74, 6) is -0.707. The number of nitrogens with one attached hydrogen (secondary N) is 2. The minimum absolute atomic E-state index is 0.00558. The molecule has 2 amide bonds. The smallest absolute Gasteiger partial charge is 0.264 e. The predicted octanol–water partition coefficient (Wildman–Crippen LogP) is 4.13. The van der Waals surface area contributed by atoms with Crippen LogP contribution >= 0.6 is 0 Å². The highest BCUT2D eigenvalue weighted by Gasteiger charge is 2.22. The van der Waals surface area contributed by atoms with Gasteiger partial charge in [-0.1, -0.05) is 29.8 Å². The standard InChI is InChI=1S/C25H27N3O4S/c1-5-26-24(29)20-12-11-18(3)23(16-20)27-25(30)19-7-6-8-22(15-19)33(31,32)28(4)21-13-9-17(2)10-14-21/h6-16H,5H2,1-4H3,(H,26,29)(H,27,30). The van der Waals surface area contributed by atoms with Crippen LogP contribution in [0.5, 0.6) is 0 Å². The van der Waals surface area contributed by atoms with E-state index in [0.29, 0.717) is 23.5 Å². The van der Waals surface area contributed by atoms with Crippen molar-refractivity contribution in [1.82, 2.24) is 5.32 Å². The Morgan fingerprint density at radius 3 is 2.21 bits per heavy atom. The maximum atomic E-state index is 13.1. The molecule has 0 radical (unpaired) electrons. The number of nitrogens with zero attached hydrogens (tertiary/aromatic N) is 1. The highest BCUT2D eigenvalue weighted by molar-refractivity contribution is 7.92. The van der Waals surface area contributed by atoms with Gasteiger partial charge in [0.1, 0.15) is 0 Å². The van der Waals surface area contributed by atoms with E-state index < -0.39 is 15.9 Å². The minimum Gasteiger partial charge on any atom is -0.352 e. The minimum atomic E-state index is -3.87. The van der Waals surface area contributed by atoms with Gasteiger partial charge in [-0.05, 0) is 68.8 Å². The van der Waals surface area contributed by atoms with E-state index in [2.05, 4.69) is 10.6 Å². The number of benzene rings is 3. The van der Waals surface area contributed by atoms with Gasteiger partial charge in [0.25, 0.3) is 21.8 Å². The quantitative estimate of drug-likeness (QED) is 0.548. The summed E-state index contributed by atoms with van der Waals surface area (Å²) in [7, 11) is -2.39. The Morgan fingerprint density at radius 2 is 1.55 bits per heavy atom. The van der Waals surface area contributed by atoms with Crippen LogP contribution < -0.4 is 14.9 Å². The Labute approximate surface area is 194 Å². The van der Waals surface area contributed by atoms with Crippen LogP contribution in [-0.2, 0) is 10.0 Å². The molecule has 0 aliphatic heterocycles. The van der Waals surface area contributed by atoms with Crippen LogP contribution in [0.15, 0.2) is 71.6 Å². The molecule has 3 rings (SSSR count). The fourth-order valence-electron chi connectivity index (χ4n) is 3.20. The number of carbonyl (C=O) groups excluding carboxylic acids is 2. The van der Waals surface area contributed by atoms with Crippen molar-refractivity contribution in [2.24, 2.45) is 0 Å². The van der Waals surface area contributed by atoms with Gasteiger partial charge >= 0.3 is 0 Å². The molecule has 0 saturated carbocycles. The lowest BCUT2D eigenvalue weighted by Crippen LogP contribution is -2.27. The van der Waals surface area contributed by atoms with Crippen LogP contribution in [0.1, 0.15) is 38.8 Å². The lowest BCUT2D eigenvalue weighted by Gasteiger charge is -2.20. The zero-order valence-corrected chi connectivity index (χ0v) is 19.9. The maximum Gasteiger partial charge on any atom is 0.264 e. The average Bonchev–Trinajstić information content (AvgIpc) is 2.80. The van der Waals surface area contributed by atoms with E-state index >= 15 is 0 Å². The molecule has 0 aliphatic carbocycles. The van der Waals surface area contributed by atoms with Crippen molar-refractivity contribution in [3.05, 3.63) is 89.0 Å². The molecule has 0 unspecified atom stereocenters. The number of hydrogen-bond acceptors (Lipinski definition) is 4.